The molecule has 0 radical (unpaired) electrons. The van der Waals surface area contributed by atoms with Crippen molar-refractivity contribution >= 4 is 21.4 Å². The van der Waals surface area contributed by atoms with Crippen LogP contribution in [0.1, 0.15) is 5.56 Å². The number of nitrogens with one attached hydrogen (secondary N) is 1. The molecule has 0 bridgehead atoms. The van der Waals surface area contributed by atoms with Gasteiger partial charge in [-0.2, -0.15) is 0 Å². The number of phenols is 1. The normalized spacial score (nSPS) is 11.2. The zero-order valence-corrected chi connectivity index (χ0v) is 11.4. The van der Waals surface area contributed by atoms with Crippen molar-refractivity contribution in [1.82, 2.24) is 0 Å². The van der Waals surface area contributed by atoms with Gasteiger partial charge in [-0.15, -0.1) is 0 Å². The van der Waals surface area contributed by atoms with Crippen LogP contribution in [-0.2, 0) is 16.6 Å². The molecular formula is C13H15N3O3S. The number of aromatic hydroxyl groups is 1. The van der Waals surface area contributed by atoms with E-state index in [9.17, 15) is 13.5 Å². The Morgan fingerprint density at radius 1 is 1.10 bits per heavy atom. The number of anilines is 2. The first-order valence-corrected chi connectivity index (χ1v) is 7.35. The second-order valence-electron chi connectivity index (χ2n) is 4.31. The maximum Gasteiger partial charge on any atom is 0.238 e. The zero-order chi connectivity index (χ0) is 14.8. The average molecular weight is 293 g/mol. The number of nitrogen functional groups attached to an aromatic ring is 1. The standard InChI is InChI=1S/C13H15N3O3S/c14-10-1-6-13(17)9(7-10)8-16-11-2-4-12(5-3-11)20(15,18)19/h1-7,16-17H,8,14H2,(H2,15,18,19). The third-order valence-corrected chi connectivity index (χ3v) is 3.70. The molecule has 7 heteroatoms. The maximum atomic E-state index is 11.1. The minimum atomic E-state index is -3.68. The second-order valence-corrected chi connectivity index (χ2v) is 5.87. The van der Waals surface area contributed by atoms with E-state index < -0.39 is 10.0 Å². The van der Waals surface area contributed by atoms with E-state index >= 15 is 0 Å². The molecule has 0 saturated carbocycles. The Hall–Kier alpha value is -2.25. The van der Waals surface area contributed by atoms with Crippen molar-refractivity contribution in [2.24, 2.45) is 5.14 Å². The summed E-state index contributed by atoms with van der Waals surface area (Å²) in [6.45, 7) is 0.367. The summed E-state index contributed by atoms with van der Waals surface area (Å²) in [5, 5.41) is 17.7. The van der Waals surface area contributed by atoms with Crippen LogP contribution in [0.2, 0.25) is 0 Å². The summed E-state index contributed by atoms with van der Waals surface area (Å²) in [4.78, 5) is 0.0508. The summed E-state index contributed by atoms with van der Waals surface area (Å²) >= 11 is 0. The predicted octanol–water partition coefficient (Wildman–Crippen LogP) is 1.23. The van der Waals surface area contributed by atoms with Crippen LogP contribution in [-0.4, -0.2) is 13.5 Å². The highest BCUT2D eigenvalue weighted by atomic mass is 32.2. The highest BCUT2D eigenvalue weighted by Gasteiger charge is 2.07. The van der Waals surface area contributed by atoms with Crippen molar-refractivity contribution in [1.29, 1.82) is 0 Å². The maximum absolute atomic E-state index is 11.1. The van der Waals surface area contributed by atoms with Gasteiger partial charge in [-0.05, 0) is 42.5 Å². The van der Waals surface area contributed by atoms with Crippen LogP contribution in [0.15, 0.2) is 47.4 Å². The third-order valence-electron chi connectivity index (χ3n) is 2.77. The lowest BCUT2D eigenvalue weighted by molar-refractivity contribution is 0.469. The van der Waals surface area contributed by atoms with Crippen molar-refractivity contribution in [2.45, 2.75) is 11.4 Å². The summed E-state index contributed by atoms with van der Waals surface area (Å²) in [7, 11) is -3.68. The van der Waals surface area contributed by atoms with E-state index in [1.807, 2.05) is 0 Å². The molecule has 0 unspecified atom stereocenters. The quantitative estimate of drug-likeness (QED) is 0.499. The fourth-order valence-electron chi connectivity index (χ4n) is 1.71. The molecule has 106 valence electrons. The van der Waals surface area contributed by atoms with E-state index in [0.29, 0.717) is 23.5 Å². The Morgan fingerprint density at radius 2 is 1.75 bits per heavy atom. The number of nitrogens with two attached hydrogens (primary N) is 2. The van der Waals surface area contributed by atoms with E-state index in [1.54, 1.807) is 24.3 Å². The molecule has 0 aliphatic rings. The van der Waals surface area contributed by atoms with Crippen molar-refractivity contribution in [3.8, 4) is 5.75 Å². The molecule has 0 aliphatic carbocycles. The summed E-state index contributed by atoms with van der Waals surface area (Å²) in [6.07, 6.45) is 0. The molecule has 0 fully saturated rings. The molecule has 0 spiro atoms. The van der Waals surface area contributed by atoms with E-state index in [0.717, 1.165) is 0 Å². The Bertz CT molecular complexity index is 712. The molecular weight excluding hydrogens is 278 g/mol. The smallest absolute Gasteiger partial charge is 0.238 e. The van der Waals surface area contributed by atoms with Crippen LogP contribution in [0, 0.1) is 0 Å². The number of sulfonamides is 1. The average Bonchev–Trinajstić information content (AvgIpc) is 2.39. The van der Waals surface area contributed by atoms with Gasteiger partial charge in [0.15, 0.2) is 0 Å². The Kier molecular flexibility index (Phi) is 3.82. The van der Waals surface area contributed by atoms with Gasteiger partial charge in [0.05, 0.1) is 4.90 Å². The predicted molar refractivity (Wildman–Crippen MR) is 77.7 cm³/mol. The first-order valence-electron chi connectivity index (χ1n) is 5.80. The molecule has 0 aromatic heterocycles. The first kappa shape index (κ1) is 14.2. The van der Waals surface area contributed by atoms with E-state index in [1.165, 1.54) is 18.2 Å². The number of primary sulfonamides is 1. The van der Waals surface area contributed by atoms with E-state index in [-0.39, 0.29) is 10.6 Å². The largest absolute Gasteiger partial charge is 0.508 e. The van der Waals surface area contributed by atoms with Crippen LogP contribution >= 0.6 is 0 Å². The minimum Gasteiger partial charge on any atom is -0.508 e. The van der Waals surface area contributed by atoms with Crippen LogP contribution in [0.25, 0.3) is 0 Å². The number of benzene rings is 2. The lowest BCUT2D eigenvalue weighted by Crippen LogP contribution is -2.12. The fraction of sp³-hybridized carbons (Fsp3) is 0.0769. The van der Waals surface area contributed by atoms with E-state index in [4.69, 9.17) is 10.9 Å². The summed E-state index contributed by atoms with van der Waals surface area (Å²) in [6, 6.07) is 10.8. The van der Waals surface area contributed by atoms with Gasteiger partial charge >= 0.3 is 0 Å². The van der Waals surface area contributed by atoms with Crippen LogP contribution in [0.3, 0.4) is 0 Å². The third kappa shape index (κ3) is 3.40. The lowest BCUT2D eigenvalue weighted by Gasteiger charge is -2.09. The van der Waals surface area contributed by atoms with Gasteiger partial charge in [0, 0.05) is 23.5 Å². The van der Waals surface area contributed by atoms with Gasteiger partial charge in [-0.1, -0.05) is 0 Å². The number of phenolic OH excluding ortho intramolecular Hbond substituents is 1. The minimum absolute atomic E-state index is 0.0508. The molecule has 2 rings (SSSR count). The van der Waals surface area contributed by atoms with Crippen LogP contribution < -0.4 is 16.2 Å². The van der Waals surface area contributed by atoms with Crippen molar-refractivity contribution in [3.63, 3.8) is 0 Å². The number of hydrogen-bond donors (Lipinski definition) is 4. The van der Waals surface area contributed by atoms with Crippen LogP contribution in [0.5, 0.6) is 5.75 Å². The highest BCUT2D eigenvalue weighted by Crippen LogP contribution is 2.21. The molecule has 0 amide bonds. The van der Waals surface area contributed by atoms with Gasteiger partial charge < -0.3 is 16.2 Å². The summed E-state index contributed by atoms with van der Waals surface area (Å²) < 4.78 is 22.2. The molecule has 2 aromatic carbocycles. The fourth-order valence-corrected chi connectivity index (χ4v) is 2.22. The Labute approximate surface area is 117 Å². The van der Waals surface area contributed by atoms with Gasteiger partial charge in [0.1, 0.15) is 5.75 Å². The zero-order valence-electron chi connectivity index (χ0n) is 10.6. The van der Waals surface area contributed by atoms with Gasteiger partial charge in [0.25, 0.3) is 0 Å². The number of hydrogen-bond acceptors (Lipinski definition) is 5. The molecule has 0 saturated heterocycles. The van der Waals surface area contributed by atoms with Gasteiger partial charge in [0.2, 0.25) is 10.0 Å². The first-order chi connectivity index (χ1) is 9.36. The Morgan fingerprint density at radius 3 is 2.35 bits per heavy atom. The SMILES string of the molecule is Nc1ccc(O)c(CNc2ccc(S(N)(=O)=O)cc2)c1. The highest BCUT2D eigenvalue weighted by molar-refractivity contribution is 7.89. The molecule has 0 aliphatic heterocycles. The van der Waals surface area contributed by atoms with Crippen molar-refractivity contribution < 1.29 is 13.5 Å². The molecule has 0 atom stereocenters. The monoisotopic (exact) mass is 293 g/mol. The van der Waals surface area contributed by atoms with Crippen molar-refractivity contribution in [3.05, 3.63) is 48.0 Å². The van der Waals surface area contributed by atoms with Gasteiger partial charge in [-0.25, -0.2) is 13.6 Å². The molecule has 0 heterocycles. The molecule has 6 N–H and O–H groups in total. The lowest BCUT2D eigenvalue weighted by atomic mass is 10.1. The summed E-state index contributed by atoms with van der Waals surface area (Å²) in [5.74, 6) is 0.146. The van der Waals surface area contributed by atoms with Gasteiger partial charge in [-0.3, -0.25) is 0 Å². The van der Waals surface area contributed by atoms with E-state index in [2.05, 4.69) is 5.32 Å². The second kappa shape index (κ2) is 5.40. The molecule has 2 aromatic rings. The van der Waals surface area contributed by atoms with Crippen LogP contribution in [0.4, 0.5) is 11.4 Å². The Balaban J connectivity index is 2.10. The number of rotatable bonds is 4. The molecule has 20 heavy (non-hydrogen) atoms. The van der Waals surface area contributed by atoms with Crippen molar-refractivity contribution in [2.75, 3.05) is 11.1 Å². The molecule has 6 nitrogen and oxygen atoms in total. The summed E-state index contributed by atoms with van der Waals surface area (Å²) in [5.41, 5.74) is 7.57. The topological polar surface area (TPSA) is 118 Å².